The number of rotatable bonds is 3. The lowest BCUT2D eigenvalue weighted by atomic mass is 9.98. The minimum Gasteiger partial charge on any atom is -0.339 e. The van der Waals surface area contributed by atoms with E-state index in [1.165, 1.54) is 0 Å². The molecule has 0 N–H and O–H groups in total. The molecule has 1 aliphatic rings. The SMILES string of the molecule is O=C(c1ccc2ccccc2c1)N1CC(c2nc(-c3cccnc3)no2)C1. The molecule has 3 heterocycles. The van der Waals surface area contributed by atoms with Gasteiger partial charge in [0.15, 0.2) is 0 Å². The molecule has 2 aromatic carbocycles. The molecule has 1 aliphatic heterocycles. The van der Waals surface area contributed by atoms with Gasteiger partial charge in [-0.15, -0.1) is 0 Å². The van der Waals surface area contributed by atoms with Crippen LogP contribution in [-0.4, -0.2) is 39.0 Å². The van der Waals surface area contributed by atoms with Crippen molar-refractivity contribution in [2.75, 3.05) is 13.1 Å². The molecule has 6 nitrogen and oxygen atoms in total. The van der Waals surface area contributed by atoms with Gasteiger partial charge in [-0.25, -0.2) is 0 Å². The van der Waals surface area contributed by atoms with E-state index in [9.17, 15) is 4.79 Å². The van der Waals surface area contributed by atoms with E-state index in [1.54, 1.807) is 12.4 Å². The zero-order valence-corrected chi connectivity index (χ0v) is 14.4. The van der Waals surface area contributed by atoms with Crippen LogP contribution in [0.15, 0.2) is 71.5 Å². The van der Waals surface area contributed by atoms with Crippen LogP contribution < -0.4 is 0 Å². The number of pyridine rings is 1. The Labute approximate surface area is 155 Å². The summed E-state index contributed by atoms with van der Waals surface area (Å²) in [4.78, 5) is 23.1. The minimum absolute atomic E-state index is 0.0315. The van der Waals surface area contributed by atoms with Crippen molar-refractivity contribution in [2.45, 2.75) is 5.92 Å². The summed E-state index contributed by atoms with van der Waals surface area (Å²) in [5, 5.41) is 6.22. The second-order valence-electron chi connectivity index (χ2n) is 6.67. The highest BCUT2D eigenvalue weighted by molar-refractivity contribution is 5.99. The van der Waals surface area contributed by atoms with Crippen LogP contribution in [0.25, 0.3) is 22.2 Å². The number of hydrogen-bond acceptors (Lipinski definition) is 5. The van der Waals surface area contributed by atoms with E-state index >= 15 is 0 Å². The fourth-order valence-corrected chi connectivity index (χ4v) is 3.32. The van der Waals surface area contributed by atoms with Crippen LogP contribution in [0.5, 0.6) is 0 Å². The van der Waals surface area contributed by atoms with E-state index in [2.05, 4.69) is 15.1 Å². The predicted molar refractivity (Wildman–Crippen MR) is 100 cm³/mol. The van der Waals surface area contributed by atoms with Gasteiger partial charge in [-0.3, -0.25) is 9.78 Å². The Morgan fingerprint density at radius 2 is 1.89 bits per heavy atom. The molecule has 1 amide bonds. The number of aromatic nitrogens is 3. The van der Waals surface area contributed by atoms with Gasteiger partial charge in [0, 0.05) is 36.6 Å². The highest BCUT2D eigenvalue weighted by Gasteiger charge is 2.36. The molecule has 0 atom stereocenters. The quantitative estimate of drug-likeness (QED) is 0.561. The Bertz CT molecular complexity index is 1120. The number of nitrogens with zero attached hydrogens (tertiary/aromatic N) is 4. The number of benzene rings is 2. The van der Waals surface area contributed by atoms with Gasteiger partial charge in [0.25, 0.3) is 5.91 Å². The van der Waals surface area contributed by atoms with Crippen LogP contribution in [0.3, 0.4) is 0 Å². The number of amides is 1. The van der Waals surface area contributed by atoms with Gasteiger partial charge >= 0.3 is 0 Å². The largest absolute Gasteiger partial charge is 0.339 e. The average Bonchev–Trinajstić information content (AvgIpc) is 3.17. The molecule has 0 unspecified atom stereocenters. The molecular formula is C21H16N4O2. The van der Waals surface area contributed by atoms with Crippen molar-refractivity contribution >= 4 is 16.7 Å². The smallest absolute Gasteiger partial charge is 0.253 e. The first-order chi connectivity index (χ1) is 13.3. The molecule has 132 valence electrons. The van der Waals surface area contributed by atoms with Gasteiger partial charge in [0.2, 0.25) is 11.7 Å². The van der Waals surface area contributed by atoms with Crippen LogP contribution in [0.1, 0.15) is 22.2 Å². The summed E-state index contributed by atoms with van der Waals surface area (Å²) in [5.41, 5.74) is 1.52. The monoisotopic (exact) mass is 356 g/mol. The van der Waals surface area contributed by atoms with Crippen LogP contribution in [-0.2, 0) is 0 Å². The van der Waals surface area contributed by atoms with Crippen molar-refractivity contribution in [3.8, 4) is 11.4 Å². The molecule has 27 heavy (non-hydrogen) atoms. The molecule has 0 radical (unpaired) electrons. The maximum Gasteiger partial charge on any atom is 0.253 e. The first-order valence-corrected chi connectivity index (χ1v) is 8.80. The van der Waals surface area contributed by atoms with E-state index in [0.717, 1.165) is 16.3 Å². The number of carbonyl (C=O) groups excluding carboxylic acids is 1. The number of fused-ring (bicyclic) bond motifs is 1. The Kier molecular flexibility index (Phi) is 3.67. The summed E-state index contributed by atoms with van der Waals surface area (Å²) >= 11 is 0. The van der Waals surface area contributed by atoms with Gasteiger partial charge < -0.3 is 9.42 Å². The number of likely N-dealkylation sites (tertiary alicyclic amines) is 1. The first kappa shape index (κ1) is 15.7. The standard InChI is InChI=1S/C21H16N4O2/c26-21(16-8-7-14-4-1-2-5-15(14)10-16)25-12-18(13-25)20-23-19(24-27-20)17-6-3-9-22-11-17/h1-11,18H,12-13H2. The lowest BCUT2D eigenvalue weighted by Gasteiger charge is -2.37. The van der Waals surface area contributed by atoms with Gasteiger partial charge in [0.05, 0.1) is 5.92 Å². The van der Waals surface area contributed by atoms with Crippen LogP contribution in [0, 0.1) is 0 Å². The summed E-state index contributed by atoms with van der Waals surface area (Å²) in [7, 11) is 0. The molecule has 0 bridgehead atoms. The number of carbonyl (C=O) groups is 1. The van der Waals surface area contributed by atoms with Crippen LogP contribution in [0.2, 0.25) is 0 Å². The summed E-state index contributed by atoms with van der Waals surface area (Å²) < 4.78 is 5.39. The summed E-state index contributed by atoms with van der Waals surface area (Å²) in [6, 6.07) is 17.6. The summed E-state index contributed by atoms with van der Waals surface area (Å²) in [5.74, 6) is 1.20. The van der Waals surface area contributed by atoms with Crippen LogP contribution in [0.4, 0.5) is 0 Å². The molecule has 5 rings (SSSR count). The fourth-order valence-electron chi connectivity index (χ4n) is 3.32. The Morgan fingerprint density at radius 1 is 1.04 bits per heavy atom. The molecule has 0 aliphatic carbocycles. The van der Waals surface area contributed by atoms with Crippen molar-refractivity contribution < 1.29 is 9.32 Å². The van der Waals surface area contributed by atoms with Crippen molar-refractivity contribution in [3.05, 3.63) is 78.4 Å². The zero-order chi connectivity index (χ0) is 18.2. The average molecular weight is 356 g/mol. The van der Waals surface area contributed by atoms with Crippen LogP contribution >= 0.6 is 0 Å². The fraction of sp³-hybridized carbons (Fsp3) is 0.143. The Balaban J connectivity index is 1.29. The maximum atomic E-state index is 12.7. The molecular weight excluding hydrogens is 340 g/mol. The Morgan fingerprint density at radius 3 is 2.70 bits per heavy atom. The molecule has 1 fully saturated rings. The van der Waals surface area contributed by atoms with Crippen molar-refractivity contribution in [3.63, 3.8) is 0 Å². The van der Waals surface area contributed by atoms with Crippen molar-refractivity contribution in [1.82, 2.24) is 20.0 Å². The van der Waals surface area contributed by atoms with Gasteiger partial charge in [-0.2, -0.15) is 4.98 Å². The van der Waals surface area contributed by atoms with Crippen molar-refractivity contribution in [2.24, 2.45) is 0 Å². The second-order valence-corrected chi connectivity index (χ2v) is 6.67. The lowest BCUT2D eigenvalue weighted by molar-refractivity contribution is 0.0569. The minimum atomic E-state index is 0.0315. The molecule has 0 spiro atoms. The summed E-state index contributed by atoms with van der Waals surface area (Å²) in [6.07, 6.45) is 3.40. The first-order valence-electron chi connectivity index (χ1n) is 8.80. The highest BCUT2D eigenvalue weighted by atomic mass is 16.5. The third-order valence-electron chi connectivity index (χ3n) is 4.88. The number of hydrogen-bond donors (Lipinski definition) is 0. The van der Waals surface area contributed by atoms with E-state index in [0.29, 0.717) is 30.4 Å². The van der Waals surface area contributed by atoms with Crippen molar-refractivity contribution in [1.29, 1.82) is 0 Å². The topological polar surface area (TPSA) is 72.1 Å². The van der Waals surface area contributed by atoms with Gasteiger partial charge in [-0.05, 0) is 35.0 Å². The summed E-state index contributed by atoms with van der Waals surface area (Å²) in [6.45, 7) is 1.17. The molecule has 6 heteroatoms. The second kappa shape index (κ2) is 6.32. The van der Waals surface area contributed by atoms with E-state index in [4.69, 9.17) is 4.52 Å². The van der Waals surface area contributed by atoms with Gasteiger partial charge in [0.1, 0.15) is 0 Å². The highest BCUT2D eigenvalue weighted by Crippen LogP contribution is 2.29. The third-order valence-corrected chi connectivity index (χ3v) is 4.88. The maximum absolute atomic E-state index is 12.7. The molecule has 0 saturated carbocycles. The lowest BCUT2D eigenvalue weighted by Crippen LogP contribution is -2.48. The predicted octanol–water partition coefficient (Wildman–Crippen LogP) is 3.52. The van der Waals surface area contributed by atoms with Gasteiger partial charge in [-0.1, -0.05) is 35.5 Å². The van der Waals surface area contributed by atoms with E-state index in [1.807, 2.05) is 59.5 Å². The van der Waals surface area contributed by atoms with E-state index < -0.39 is 0 Å². The molecule has 1 saturated heterocycles. The Hall–Kier alpha value is -3.54. The zero-order valence-electron chi connectivity index (χ0n) is 14.4. The molecule has 2 aromatic heterocycles. The molecule has 4 aromatic rings. The third kappa shape index (κ3) is 2.85. The van der Waals surface area contributed by atoms with E-state index in [-0.39, 0.29) is 11.8 Å². The normalized spacial score (nSPS) is 14.3.